The maximum atomic E-state index is 2.55. The van der Waals surface area contributed by atoms with Crippen molar-refractivity contribution in [3.63, 3.8) is 0 Å². The number of hydrogen-bond donors (Lipinski definition) is 0. The first kappa shape index (κ1) is 42.5. The van der Waals surface area contributed by atoms with Gasteiger partial charge in [-0.1, -0.05) is 156 Å². The van der Waals surface area contributed by atoms with Crippen LogP contribution in [-0.2, 0) is 21.7 Å². The molecule has 0 bridgehead atoms. The first-order chi connectivity index (χ1) is 30.8. The third kappa shape index (κ3) is 7.34. The van der Waals surface area contributed by atoms with Crippen molar-refractivity contribution in [3.05, 3.63) is 186 Å². The zero-order chi connectivity index (χ0) is 45.8. The van der Waals surface area contributed by atoms with E-state index in [1.54, 1.807) is 0 Å². The van der Waals surface area contributed by atoms with E-state index in [-0.39, 0.29) is 28.4 Å². The van der Waals surface area contributed by atoms with Crippen LogP contribution >= 0.6 is 0 Å². The van der Waals surface area contributed by atoms with Gasteiger partial charge in [0.2, 0.25) is 0 Å². The average molecular weight is 851 g/mol. The molecule has 0 saturated heterocycles. The molecule has 0 spiro atoms. The van der Waals surface area contributed by atoms with Crippen LogP contribution in [0.15, 0.2) is 164 Å². The van der Waals surface area contributed by atoms with E-state index in [4.69, 9.17) is 0 Å². The van der Waals surface area contributed by atoms with Gasteiger partial charge in [-0.3, -0.25) is 4.90 Å². The summed E-state index contributed by atoms with van der Waals surface area (Å²) in [6.45, 7) is 27.7. The highest BCUT2D eigenvalue weighted by molar-refractivity contribution is 7.00. The van der Waals surface area contributed by atoms with E-state index >= 15 is 0 Å². The summed E-state index contributed by atoms with van der Waals surface area (Å²) in [6, 6.07) is 59.8. The second kappa shape index (κ2) is 15.1. The van der Waals surface area contributed by atoms with Crippen molar-refractivity contribution in [2.75, 3.05) is 14.7 Å². The molecule has 0 amide bonds. The molecule has 0 unspecified atom stereocenters. The SMILES string of the molecule is CC(C)(C)c1ccc(N(c2ccc(C(C)(C)C)cc2)c2ccc3c(c2)N(c2ccccc2)c2cc(C(C)(C)C)cc4c2B3c2cc3ccc(C(C)(C)C)cn3c2N4c2ccccc2)cc1. The van der Waals surface area contributed by atoms with Crippen molar-refractivity contribution < 1.29 is 0 Å². The highest BCUT2D eigenvalue weighted by Gasteiger charge is 2.46. The Morgan fingerprint density at radius 2 is 0.846 bits per heavy atom. The molecule has 0 fully saturated rings. The monoisotopic (exact) mass is 851 g/mol. The molecule has 10 rings (SSSR count). The summed E-state index contributed by atoms with van der Waals surface area (Å²) in [6.07, 6.45) is 2.39. The zero-order valence-corrected chi connectivity index (χ0v) is 40.5. The Morgan fingerprint density at radius 3 is 1.35 bits per heavy atom. The lowest BCUT2D eigenvalue weighted by Gasteiger charge is -2.44. The van der Waals surface area contributed by atoms with Crippen LogP contribution in [0.3, 0.4) is 0 Å². The van der Waals surface area contributed by atoms with Gasteiger partial charge in [-0.2, -0.15) is 0 Å². The Bertz CT molecular complexity index is 3010. The third-order valence-corrected chi connectivity index (χ3v) is 13.8. The minimum atomic E-state index is -0.121. The Morgan fingerprint density at radius 1 is 0.385 bits per heavy atom. The first-order valence-electron chi connectivity index (χ1n) is 23.5. The molecule has 5 heteroatoms. The molecule has 2 aliphatic heterocycles. The van der Waals surface area contributed by atoms with Gasteiger partial charge in [-0.25, -0.2) is 0 Å². The lowest BCUT2D eigenvalue weighted by atomic mass is 9.34. The standard InChI is InChI=1S/C60H63BN4/c1-57(2,3)40-23-28-46(29-24-40)63(47-30-25-41(26-31-47)58(4,5)6)49-33-34-50-52(38-49)64(44-19-15-13-16-20-44)53-35-43(60(10,11)12)36-54-55(53)61(50)51-37-48-32-27-42(59(7,8)9)39-62(48)56(51)65(54)45-21-17-14-18-22-45/h13-39H,1-12H3. The molecule has 6 aromatic carbocycles. The minimum absolute atomic E-state index is 0.0158. The fourth-order valence-corrected chi connectivity index (χ4v) is 9.98. The van der Waals surface area contributed by atoms with E-state index in [1.807, 2.05) is 0 Å². The quantitative estimate of drug-likeness (QED) is 0.160. The van der Waals surface area contributed by atoms with Crippen molar-refractivity contribution in [2.24, 2.45) is 0 Å². The van der Waals surface area contributed by atoms with Crippen LogP contribution in [0.2, 0.25) is 0 Å². The molecule has 0 aliphatic carbocycles. The molecule has 0 saturated carbocycles. The number of nitrogens with zero attached hydrogens (tertiary/aromatic N) is 4. The van der Waals surface area contributed by atoms with Gasteiger partial charge in [-0.15, -0.1) is 0 Å². The number of aromatic nitrogens is 1. The molecule has 0 N–H and O–H groups in total. The van der Waals surface area contributed by atoms with E-state index in [2.05, 4.69) is 266 Å². The molecule has 4 heterocycles. The van der Waals surface area contributed by atoms with Crippen molar-refractivity contribution in [1.82, 2.24) is 4.40 Å². The van der Waals surface area contributed by atoms with Gasteiger partial charge in [0.15, 0.2) is 0 Å². The summed E-state index contributed by atoms with van der Waals surface area (Å²) >= 11 is 0. The summed E-state index contributed by atoms with van der Waals surface area (Å²) in [4.78, 5) is 7.54. The van der Waals surface area contributed by atoms with Crippen LogP contribution in [0.5, 0.6) is 0 Å². The van der Waals surface area contributed by atoms with Crippen LogP contribution in [0.4, 0.5) is 51.3 Å². The average Bonchev–Trinajstić information content (AvgIpc) is 3.64. The highest BCUT2D eigenvalue weighted by Crippen LogP contribution is 2.48. The number of rotatable bonds is 5. The summed E-state index contributed by atoms with van der Waals surface area (Å²) < 4.78 is 2.47. The molecule has 65 heavy (non-hydrogen) atoms. The number of para-hydroxylation sites is 2. The maximum absolute atomic E-state index is 2.55. The lowest BCUT2D eigenvalue weighted by molar-refractivity contribution is 0.586. The smallest absolute Gasteiger partial charge is 0.254 e. The first-order valence-corrected chi connectivity index (χ1v) is 23.5. The number of fused-ring (bicyclic) bond motifs is 6. The van der Waals surface area contributed by atoms with Crippen LogP contribution in [0.1, 0.15) is 105 Å². The number of pyridine rings is 1. The van der Waals surface area contributed by atoms with Crippen LogP contribution in [0.25, 0.3) is 5.52 Å². The predicted molar refractivity (Wildman–Crippen MR) is 281 cm³/mol. The minimum Gasteiger partial charge on any atom is -0.311 e. The molecule has 326 valence electrons. The van der Waals surface area contributed by atoms with Crippen molar-refractivity contribution in [3.8, 4) is 0 Å². The van der Waals surface area contributed by atoms with E-state index in [0.717, 1.165) is 28.4 Å². The molecular formula is C60H63BN4. The second-order valence-corrected chi connectivity index (χ2v) is 22.5. The fourth-order valence-electron chi connectivity index (χ4n) is 9.98. The van der Waals surface area contributed by atoms with E-state index in [0.29, 0.717) is 0 Å². The number of benzene rings is 6. The lowest BCUT2D eigenvalue weighted by Crippen LogP contribution is -2.61. The van der Waals surface area contributed by atoms with Gasteiger partial charge in [0.25, 0.3) is 6.71 Å². The molecule has 0 radical (unpaired) electrons. The normalized spacial score (nSPS) is 13.8. The van der Waals surface area contributed by atoms with Gasteiger partial charge >= 0.3 is 0 Å². The van der Waals surface area contributed by atoms with Gasteiger partial charge < -0.3 is 14.2 Å². The van der Waals surface area contributed by atoms with Crippen molar-refractivity contribution in [2.45, 2.75) is 105 Å². The number of anilines is 9. The zero-order valence-electron chi connectivity index (χ0n) is 40.5. The van der Waals surface area contributed by atoms with Crippen LogP contribution < -0.4 is 31.1 Å². The van der Waals surface area contributed by atoms with Gasteiger partial charge in [0.05, 0.1) is 0 Å². The molecule has 8 aromatic rings. The van der Waals surface area contributed by atoms with E-state index in [9.17, 15) is 0 Å². The molecule has 2 aromatic heterocycles. The van der Waals surface area contributed by atoms with Gasteiger partial charge in [0, 0.05) is 57.2 Å². The molecular weight excluding hydrogens is 787 g/mol. The Kier molecular flexibility index (Phi) is 9.84. The van der Waals surface area contributed by atoms with Crippen LogP contribution in [0, 0.1) is 0 Å². The molecule has 2 aliphatic rings. The second-order valence-electron chi connectivity index (χ2n) is 22.5. The topological polar surface area (TPSA) is 14.1 Å². The fraction of sp³-hybridized carbons (Fsp3) is 0.267. The summed E-state index contributed by atoms with van der Waals surface area (Å²) in [5, 5.41) is 0. The van der Waals surface area contributed by atoms with E-state index in [1.165, 1.54) is 67.0 Å². The molecule has 4 nitrogen and oxygen atoms in total. The Balaban J connectivity index is 1.28. The maximum Gasteiger partial charge on any atom is 0.254 e. The highest BCUT2D eigenvalue weighted by atomic mass is 15.2. The third-order valence-electron chi connectivity index (χ3n) is 13.8. The summed E-state index contributed by atoms with van der Waals surface area (Å²) in [5.41, 5.74) is 19.6. The van der Waals surface area contributed by atoms with Crippen molar-refractivity contribution in [1.29, 1.82) is 0 Å². The van der Waals surface area contributed by atoms with Crippen molar-refractivity contribution >= 4 is 79.9 Å². The Hall–Kier alpha value is -6.46. The van der Waals surface area contributed by atoms with Gasteiger partial charge in [-0.05, 0) is 145 Å². The largest absolute Gasteiger partial charge is 0.311 e. The Labute approximate surface area is 388 Å². The summed E-state index contributed by atoms with van der Waals surface area (Å²) in [5.74, 6) is 1.20. The predicted octanol–water partition coefficient (Wildman–Crippen LogP) is 14.7. The number of hydrogen-bond acceptors (Lipinski definition) is 3. The summed E-state index contributed by atoms with van der Waals surface area (Å²) in [7, 11) is 0. The van der Waals surface area contributed by atoms with Crippen LogP contribution in [-0.4, -0.2) is 11.1 Å². The van der Waals surface area contributed by atoms with Gasteiger partial charge in [0.1, 0.15) is 5.82 Å². The molecule has 0 atom stereocenters. The van der Waals surface area contributed by atoms with E-state index < -0.39 is 0 Å².